The Labute approximate surface area is 183 Å². The molecular formula is C24H20FN3O4. The molecule has 5 rings (SSSR count). The molecule has 1 fully saturated rings. The average Bonchev–Trinajstić information content (AvgIpc) is 3.42. The van der Waals surface area contributed by atoms with E-state index in [1.807, 2.05) is 42.7 Å². The van der Waals surface area contributed by atoms with Gasteiger partial charge in [-0.05, 0) is 61.4 Å². The number of amides is 3. The van der Waals surface area contributed by atoms with Crippen LogP contribution in [0, 0.1) is 19.7 Å². The summed E-state index contributed by atoms with van der Waals surface area (Å²) in [5.41, 5.74) is 4.46. The molecule has 1 N–H and O–H groups in total. The molecule has 3 amide bonds. The van der Waals surface area contributed by atoms with Gasteiger partial charge in [0, 0.05) is 23.1 Å². The number of carbonyl (C=O) groups excluding carboxylic acids is 2. The fourth-order valence-corrected chi connectivity index (χ4v) is 4.00. The van der Waals surface area contributed by atoms with Crippen molar-refractivity contribution in [2.45, 2.75) is 20.4 Å². The van der Waals surface area contributed by atoms with E-state index in [1.54, 1.807) is 18.2 Å². The van der Waals surface area contributed by atoms with Crippen molar-refractivity contribution < 1.29 is 23.5 Å². The number of halogens is 1. The molecule has 0 aliphatic carbocycles. The molecule has 7 nitrogen and oxygen atoms in total. The van der Waals surface area contributed by atoms with Crippen LogP contribution in [0.25, 0.3) is 11.8 Å². The van der Waals surface area contributed by atoms with Gasteiger partial charge in [-0.25, -0.2) is 9.18 Å². The Morgan fingerprint density at radius 3 is 2.56 bits per heavy atom. The molecule has 0 atom stereocenters. The van der Waals surface area contributed by atoms with Crippen molar-refractivity contribution >= 4 is 18.0 Å². The summed E-state index contributed by atoms with van der Waals surface area (Å²) in [4.78, 5) is 26.4. The van der Waals surface area contributed by atoms with Gasteiger partial charge in [-0.1, -0.05) is 12.1 Å². The third kappa shape index (κ3) is 3.39. The van der Waals surface area contributed by atoms with Gasteiger partial charge < -0.3 is 19.4 Å². The summed E-state index contributed by atoms with van der Waals surface area (Å²) in [6, 6.07) is 12.9. The Morgan fingerprint density at radius 2 is 1.78 bits per heavy atom. The third-order valence-corrected chi connectivity index (χ3v) is 5.60. The molecule has 1 saturated heterocycles. The molecule has 2 aromatic carbocycles. The molecule has 8 heteroatoms. The lowest BCUT2D eigenvalue weighted by Crippen LogP contribution is -2.30. The summed E-state index contributed by atoms with van der Waals surface area (Å²) in [5.74, 6) is 0.597. The summed E-state index contributed by atoms with van der Waals surface area (Å²) in [6.07, 6.45) is 1.68. The molecule has 32 heavy (non-hydrogen) atoms. The first kappa shape index (κ1) is 19.9. The van der Waals surface area contributed by atoms with Gasteiger partial charge in [0.15, 0.2) is 11.5 Å². The van der Waals surface area contributed by atoms with Crippen LogP contribution in [0.3, 0.4) is 0 Å². The summed E-state index contributed by atoms with van der Waals surface area (Å²) in [7, 11) is 0. The van der Waals surface area contributed by atoms with E-state index in [1.165, 1.54) is 12.1 Å². The quantitative estimate of drug-likeness (QED) is 0.498. The number of nitrogens with zero attached hydrogens (tertiary/aromatic N) is 2. The van der Waals surface area contributed by atoms with Gasteiger partial charge in [0.1, 0.15) is 11.5 Å². The minimum atomic E-state index is -0.504. The molecule has 1 aromatic heterocycles. The number of imide groups is 1. The molecule has 0 unspecified atom stereocenters. The maximum absolute atomic E-state index is 13.1. The lowest BCUT2D eigenvalue weighted by Gasteiger charge is -2.11. The van der Waals surface area contributed by atoms with Crippen LogP contribution in [0.2, 0.25) is 0 Å². The number of fused-ring (bicyclic) bond motifs is 1. The Bertz CT molecular complexity index is 1280. The van der Waals surface area contributed by atoms with Crippen molar-refractivity contribution in [3.63, 3.8) is 0 Å². The fourth-order valence-electron chi connectivity index (χ4n) is 4.00. The predicted octanol–water partition coefficient (Wildman–Crippen LogP) is 4.05. The zero-order valence-electron chi connectivity index (χ0n) is 17.5. The Balaban J connectivity index is 1.43. The summed E-state index contributed by atoms with van der Waals surface area (Å²) < 4.78 is 26.0. The number of benzene rings is 2. The van der Waals surface area contributed by atoms with Gasteiger partial charge in [-0.2, -0.15) is 0 Å². The third-order valence-electron chi connectivity index (χ3n) is 5.60. The summed E-state index contributed by atoms with van der Waals surface area (Å²) in [5, 5.41) is 2.64. The number of aryl methyl sites for hydroxylation is 1. The normalized spacial score (nSPS) is 16.2. The number of nitrogens with one attached hydrogen (secondary N) is 1. The van der Waals surface area contributed by atoms with Crippen LogP contribution in [0.5, 0.6) is 11.5 Å². The molecule has 162 valence electrons. The zero-order valence-corrected chi connectivity index (χ0v) is 17.5. The lowest BCUT2D eigenvalue weighted by molar-refractivity contribution is -0.123. The minimum Gasteiger partial charge on any atom is -0.454 e. The number of hydrogen-bond donors (Lipinski definition) is 1. The topological polar surface area (TPSA) is 72.8 Å². The smallest absolute Gasteiger partial charge is 0.329 e. The molecule has 3 aromatic rings. The van der Waals surface area contributed by atoms with Crippen LogP contribution in [-0.2, 0) is 11.3 Å². The van der Waals surface area contributed by atoms with E-state index in [0.717, 1.165) is 27.5 Å². The second-order valence-corrected chi connectivity index (χ2v) is 7.71. The molecule has 3 heterocycles. The Kier molecular flexibility index (Phi) is 4.70. The van der Waals surface area contributed by atoms with E-state index in [4.69, 9.17) is 9.47 Å². The Morgan fingerprint density at radius 1 is 1.03 bits per heavy atom. The van der Waals surface area contributed by atoms with E-state index >= 15 is 0 Å². The van der Waals surface area contributed by atoms with Crippen molar-refractivity contribution in [3.05, 3.63) is 82.6 Å². The highest BCUT2D eigenvalue weighted by Gasteiger charge is 2.33. The van der Waals surface area contributed by atoms with Crippen molar-refractivity contribution in [1.29, 1.82) is 0 Å². The van der Waals surface area contributed by atoms with Crippen LogP contribution in [-0.4, -0.2) is 28.2 Å². The second-order valence-electron chi connectivity index (χ2n) is 7.71. The van der Waals surface area contributed by atoms with E-state index in [0.29, 0.717) is 17.1 Å². The van der Waals surface area contributed by atoms with Crippen LogP contribution in [0.1, 0.15) is 22.5 Å². The van der Waals surface area contributed by atoms with Crippen LogP contribution in [0.15, 0.2) is 54.2 Å². The van der Waals surface area contributed by atoms with Crippen LogP contribution >= 0.6 is 0 Å². The monoisotopic (exact) mass is 433 g/mol. The predicted molar refractivity (Wildman–Crippen MR) is 115 cm³/mol. The zero-order chi connectivity index (χ0) is 22.4. The highest BCUT2D eigenvalue weighted by molar-refractivity contribution is 6.14. The maximum Gasteiger partial charge on any atom is 0.329 e. The second kappa shape index (κ2) is 7.56. The van der Waals surface area contributed by atoms with Gasteiger partial charge >= 0.3 is 6.03 Å². The minimum absolute atomic E-state index is 0.0680. The van der Waals surface area contributed by atoms with Crippen molar-refractivity contribution in [1.82, 2.24) is 14.8 Å². The van der Waals surface area contributed by atoms with Gasteiger partial charge in [-0.15, -0.1) is 0 Å². The first-order chi connectivity index (χ1) is 15.4. The van der Waals surface area contributed by atoms with Gasteiger partial charge in [0.05, 0.1) is 6.54 Å². The molecular weight excluding hydrogens is 413 g/mol. The fraction of sp³-hybridized carbons (Fsp3) is 0.167. The number of urea groups is 1. The number of aromatic nitrogens is 1. The summed E-state index contributed by atoms with van der Waals surface area (Å²) >= 11 is 0. The molecule has 2 aliphatic heterocycles. The first-order valence-electron chi connectivity index (χ1n) is 10.1. The largest absolute Gasteiger partial charge is 0.454 e. The molecule has 0 spiro atoms. The molecule has 0 bridgehead atoms. The van der Waals surface area contributed by atoms with Crippen molar-refractivity contribution in [2.24, 2.45) is 0 Å². The molecule has 2 aliphatic rings. The van der Waals surface area contributed by atoms with Crippen molar-refractivity contribution in [2.75, 3.05) is 6.79 Å². The van der Waals surface area contributed by atoms with Gasteiger partial charge in [-0.3, -0.25) is 9.69 Å². The Hall–Kier alpha value is -4.07. The van der Waals surface area contributed by atoms with Crippen LogP contribution in [0.4, 0.5) is 9.18 Å². The number of hydrogen-bond acceptors (Lipinski definition) is 4. The standard InChI is InChI=1S/C24H20FN3O4/c1-14-9-17(15(2)28(14)19-7-8-21-22(11-19)32-13-31-21)10-20-23(29)27(24(30)26-20)12-16-3-5-18(25)6-4-16/h3-11H,12-13H2,1-2H3,(H,26,30). The van der Waals surface area contributed by atoms with Gasteiger partial charge in [0.25, 0.3) is 5.91 Å². The van der Waals surface area contributed by atoms with Gasteiger partial charge in [0.2, 0.25) is 6.79 Å². The van der Waals surface area contributed by atoms with Crippen molar-refractivity contribution in [3.8, 4) is 17.2 Å². The summed E-state index contributed by atoms with van der Waals surface area (Å²) in [6.45, 7) is 4.19. The van der Waals surface area contributed by atoms with E-state index in [9.17, 15) is 14.0 Å². The number of rotatable bonds is 4. The van der Waals surface area contributed by atoms with E-state index in [2.05, 4.69) is 5.32 Å². The average molecular weight is 433 g/mol. The highest BCUT2D eigenvalue weighted by atomic mass is 19.1. The highest BCUT2D eigenvalue weighted by Crippen LogP contribution is 2.35. The van der Waals surface area contributed by atoms with E-state index < -0.39 is 11.9 Å². The molecule has 0 radical (unpaired) electrons. The molecule has 0 saturated carbocycles. The van der Waals surface area contributed by atoms with Crippen LogP contribution < -0.4 is 14.8 Å². The maximum atomic E-state index is 13.1. The lowest BCUT2D eigenvalue weighted by atomic mass is 10.2. The number of carbonyl (C=O) groups is 2. The first-order valence-corrected chi connectivity index (χ1v) is 10.1. The SMILES string of the molecule is Cc1cc(C=C2NC(=O)N(Cc3ccc(F)cc3)C2=O)c(C)n1-c1ccc2c(c1)OCO2. The van der Waals surface area contributed by atoms with E-state index in [-0.39, 0.29) is 24.9 Å². The number of ether oxygens (including phenoxy) is 2.